The Morgan fingerprint density at radius 1 is 1.17 bits per heavy atom. The minimum Gasteiger partial charge on any atom is -0.398 e. The lowest BCUT2D eigenvalue weighted by molar-refractivity contribution is -0.118. The van der Waals surface area contributed by atoms with E-state index in [4.69, 9.17) is 5.73 Å². The molecule has 5 nitrogen and oxygen atoms in total. The van der Waals surface area contributed by atoms with Crippen molar-refractivity contribution in [1.82, 2.24) is 4.57 Å². The highest BCUT2D eigenvalue weighted by Crippen LogP contribution is 2.23. The fraction of sp³-hybridized carbons (Fsp3) is 0.333. The Morgan fingerprint density at radius 2 is 1.78 bits per heavy atom. The second-order valence-corrected chi connectivity index (χ2v) is 5.53. The normalized spacial score (nSPS) is 12.0. The van der Waals surface area contributed by atoms with Gasteiger partial charge in [-0.2, -0.15) is 0 Å². The first-order valence-corrected chi connectivity index (χ1v) is 7.87. The van der Waals surface area contributed by atoms with Crippen LogP contribution in [0.25, 0.3) is 0 Å². The van der Waals surface area contributed by atoms with Crippen LogP contribution in [-0.2, 0) is 17.6 Å². The fourth-order valence-corrected chi connectivity index (χ4v) is 2.58. The number of rotatable bonds is 5. The number of hydrogen-bond acceptors (Lipinski definition) is 3. The highest BCUT2D eigenvalue weighted by molar-refractivity contribution is 5.95. The third kappa shape index (κ3) is 3.62. The van der Waals surface area contributed by atoms with Crippen molar-refractivity contribution in [3.05, 3.63) is 58.0 Å². The molecule has 0 radical (unpaired) electrons. The van der Waals surface area contributed by atoms with E-state index in [1.807, 2.05) is 18.2 Å². The Bertz CT molecular complexity index is 743. The smallest absolute Gasteiger partial charge is 0.251 e. The van der Waals surface area contributed by atoms with Crippen LogP contribution in [0, 0.1) is 0 Å². The molecule has 0 bridgehead atoms. The maximum absolute atomic E-state index is 12.6. The van der Waals surface area contributed by atoms with Gasteiger partial charge in [-0.3, -0.25) is 9.59 Å². The number of pyridine rings is 1. The molecule has 0 saturated carbocycles. The first-order valence-electron chi connectivity index (χ1n) is 7.87. The average Bonchev–Trinajstić information content (AvgIpc) is 2.56. The number of benzene rings is 1. The summed E-state index contributed by atoms with van der Waals surface area (Å²) in [7, 11) is 0. The number of carbonyl (C=O) groups excluding carboxylic acids is 1. The van der Waals surface area contributed by atoms with E-state index in [0.29, 0.717) is 5.69 Å². The molecule has 0 fully saturated rings. The molecular formula is C18H23N3O2. The quantitative estimate of drug-likeness (QED) is 0.891. The van der Waals surface area contributed by atoms with Gasteiger partial charge >= 0.3 is 0 Å². The maximum Gasteiger partial charge on any atom is 0.251 e. The Labute approximate surface area is 136 Å². The predicted molar refractivity (Wildman–Crippen MR) is 93.7 cm³/mol. The lowest BCUT2D eigenvalue weighted by atomic mass is 10.0. The summed E-state index contributed by atoms with van der Waals surface area (Å²) in [5.74, 6) is -0.228. The number of nitrogens with zero attached hydrogens (tertiary/aromatic N) is 1. The van der Waals surface area contributed by atoms with Gasteiger partial charge in [-0.1, -0.05) is 32.0 Å². The number of carbonyl (C=O) groups is 1. The number of aromatic nitrogens is 1. The Hall–Kier alpha value is -2.56. The zero-order valence-electron chi connectivity index (χ0n) is 13.8. The molecule has 5 heteroatoms. The number of aryl methyl sites for hydroxylation is 2. The SMILES string of the molecule is CCc1cccc(CC)c1NC(=O)C(C)n1cc(N)ccc1=O. The molecule has 3 N–H and O–H groups in total. The van der Waals surface area contributed by atoms with Crippen molar-refractivity contribution in [3.63, 3.8) is 0 Å². The molecule has 1 amide bonds. The summed E-state index contributed by atoms with van der Waals surface area (Å²) in [5, 5.41) is 2.99. The van der Waals surface area contributed by atoms with Crippen molar-refractivity contribution >= 4 is 17.3 Å². The Kier molecular flexibility index (Phi) is 5.21. The monoisotopic (exact) mass is 313 g/mol. The summed E-state index contributed by atoms with van der Waals surface area (Å²) in [4.78, 5) is 24.5. The minimum absolute atomic E-state index is 0.228. The van der Waals surface area contributed by atoms with Crippen LogP contribution in [-0.4, -0.2) is 10.5 Å². The zero-order valence-corrected chi connectivity index (χ0v) is 13.8. The van der Waals surface area contributed by atoms with E-state index < -0.39 is 6.04 Å². The number of amides is 1. The molecule has 2 rings (SSSR count). The van der Waals surface area contributed by atoms with Crippen molar-refractivity contribution in [3.8, 4) is 0 Å². The second kappa shape index (κ2) is 7.13. The number of nitrogens with two attached hydrogens (primary N) is 1. The molecular weight excluding hydrogens is 290 g/mol. The summed E-state index contributed by atoms with van der Waals surface area (Å²) in [6.07, 6.45) is 3.16. The van der Waals surface area contributed by atoms with E-state index in [1.54, 1.807) is 6.92 Å². The lowest BCUT2D eigenvalue weighted by Gasteiger charge is -2.19. The van der Waals surface area contributed by atoms with E-state index in [2.05, 4.69) is 19.2 Å². The molecule has 1 aromatic carbocycles. The van der Waals surface area contributed by atoms with Gasteiger partial charge in [0.2, 0.25) is 5.91 Å². The fourth-order valence-electron chi connectivity index (χ4n) is 2.58. The highest BCUT2D eigenvalue weighted by atomic mass is 16.2. The largest absolute Gasteiger partial charge is 0.398 e. The molecule has 1 unspecified atom stereocenters. The van der Waals surface area contributed by atoms with Crippen LogP contribution in [0.2, 0.25) is 0 Å². The third-order valence-electron chi connectivity index (χ3n) is 4.00. The third-order valence-corrected chi connectivity index (χ3v) is 4.00. The molecule has 0 aliphatic heterocycles. The topological polar surface area (TPSA) is 77.1 Å². The summed E-state index contributed by atoms with van der Waals surface area (Å²) >= 11 is 0. The van der Waals surface area contributed by atoms with Crippen LogP contribution in [0.1, 0.15) is 37.9 Å². The Balaban J connectivity index is 2.32. The Morgan fingerprint density at radius 3 is 2.35 bits per heavy atom. The van der Waals surface area contributed by atoms with Crippen molar-refractivity contribution in [1.29, 1.82) is 0 Å². The van der Waals surface area contributed by atoms with Gasteiger partial charge < -0.3 is 15.6 Å². The van der Waals surface area contributed by atoms with Crippen molar-refractivity contribution in [2.75, 3.05) is 11.1 Å². The van der Waals surface area contributed by atoms with E-state index >= 15 is 0 Å². The number of anilines is 2. The summed E-state index contributed by atoms with van der Waals surface area (Å²) < 4.78 is 1.35. The van der Waals surface area contributed by atoms with Gasteiger partial charge in [0, 0.05) is 23.6 Å². The molecule has 23 heavy (non-hydrogen) atoms. The number of nitrogen functional groups attached to an aromatic ring is 1. The van der Waals surface area contributed by atoms with Gasteiger partial charge in [0.25, 0.3) is 5.56 Å². The lowest BCUT2D eigenvalue weighted by Crippen LogP contribution is -2.31. The van der Waals surface area contributed by atoms with E-state index in [1.165, 1.54) is 22.9 Å². The first-order chi connectivity index (χ1) is 11.0. The van der Waals surface area contributed by atoms with Crippen LogP contribution < -0.4 is 16.6 Å². The average molecular weight is 313 g/mol. The van der Waals surface area contributed by atoms with Crippen LogP contribution in [0.5, 0.6) is 0 Å². The van der Waals surface area contributed by atoms with Crippen LogP contribution in [0.15, 0.2) is 41.3 Å². The van der Waals surface area contributed by atoms with Crippen LogP contribution in [0.3, 0.4) is 0 Å². The van der Waals surface area contributed by atoms with E-state index in [-0.39, 0.29) is 11.5 Å². The second-order valence-electron chi connectivity index (χ2n) is 5.53. The number of para-hydroxylation sites is 1. The van der Waals surface area contributed by atoms with Gasteiger partial charge in [-0.05, 0) is 37.0 Å². The predicted octanol–water partition coefficient (Wildman–Crippen LogP) is 2.75. The number of hydrogen-bond donors (Lipinski definition) is 2. The molecule has 0 spiro atoms. The molecule has 0 saturated heterocycles. The van der Waals surface area contributed by atoms with Crippen LogP contribution >= 0.6 is 0 Å². The summed E-state index contributed by atoms with van der Waals surface area (Å²) in [5.41, 5.74) is 8.95. The van der Waals surface area contributed by atoms with Crippen molar-refractivity contribution in [2.45, 2.75) is 39.7 Å². The summed E-state index contributed by atoms with van der Waals surface area (Å²) in [6.45, 7) is 5.79. The van der Waals surface area contributed by atoms with E-state index in [9.17, 15) is 9.59 Å². The minimum atomic E-state index is -0.638. The molecule has 1 atom stereocenters. The maximum atomic E-state index is 12.6. The van der Waals surface area contributed by atoms with Crippen LogP contribution in [0.4, 0.5) is 11.4 Å². The first kappa shape index (κ1) is 16.8. The highest BCUT2D eigenvalue weighted by Gasteiger charge is 2.18. The van der Waals surface area contributed by atoms with Gasteiger partial charge in [0.15, 0.2) is 0 Å². The molecule has 0 aliphatic rings. The summed E-state index contributed by atoms with van der Waals surface area (Å²) in [6, 6.07) is 8.28. The van der Waals surface area contributed by atoms with Gasteiger partial charge in [-0.25, -0.2) is 0 Å². The molecule has 1 aromatic heterocycles. The standard InChI is InChI=1S/C18H23N3O2/c1-4-13-7-6-8-14(5-2)17(13)20-18(23)12(3)21-11-15(19)9-10-16(21)22/h6-12H,4-5,19H2,1-3H3,(H,20,23). The molecule has 0 aliphatic carbocycles. The van der Waals surface area contributed by atoms with Gasteiger partial charge in [0.1, 0.15) is 6.04 Å². The molecule has 2 aromatic rings. The zero-order chi connectivity index (χ0) is 17.0. The number of nitrogens with one attached hydrogen (secondary N) is 1. The van der Waals surface area contributed by atoms with Crippen molar-refractivity contribution in [2.24, 2.45) is 0 Å². The molecule has 122 valence electrons. The van der Waals surface area contributed by atoms with Crippen molar-refractivity contribution < 1.29 is 4.79 Å². The van der Waals surface area contributed by atoms with Gasteiger partial charge in [0.05, 0.1) is 0 Å². The van der Waals surface area contributed by atoms with E-state index in [0.717, 1.165) is 29.7 Å². The molecule has 1 heterocycles. The van der Waals surface area contributed by atoms with Gasteiger partial charge in [-0.15, -0.1) is 0 Å².